The molecule has 0 saturated heterocycles. The highest BCUT2D eigenvalue weighted by molar-refractivity contribution is 5.83. The van der Waals surface area contributed by atoms with Gasteiger partial charge < -0.3 is 4.74 Å². The maximum Gasteiger partial charge on any atom is 0.224 e. The predicted molar refractivity (Wildman–Crippen MR) is 55.5 cm³/mol. The number of methoxy groups -OCH3 is 1. The molecular weight excluding hydrogens is 176 g/mol. The van der Waals surface area contributed by atoms with E-state index in [9.17, 15) is 0 Å². The van der Waals surface area contributed by atoms with Crippen molar-refractivity contribution >= 4 is 10.9 Å². The Labute approximate surface area is 82.8 Å². The fourth-order valence-electron chi connectivity index (χ4n) is 1.41. The molecule has 1 heterocycles. The van der Waals surface area contributed by atoms with Gasteiger partial charge in [0.15, 0.2) is 0 Å². The number of fused-ring (bicyclic) bond motifs is 1. The van der Waals surface area contributed by atoms with Gasteiger partial charge in [-0.15, -0.1) is 0 Å². The number of rotatable bonds is 2. The van der Waals surface area contributed by atoms with Crippen LogP contribution >= 0.6 is 0 Å². The normalized spacial score (nSPS) is 10.4. The number of ether oxygens (including phenoxy) is 1. The van der Waals surface area contributed by atoms with E-state index in [0.29, 0.717) is 5.88 Å². The van der Waals surface area contributed by atoms with Gasteiger partial charge in [0.1, 0.15) is 5.82 Å². The summed E-state index contributed by atoms with van der Waals surface area (Å²) >= 11 is 0. The zero-order valence-corrected chi connectivity index (χ0v) is 8.32. The van der Waals surface area contributed by atoms with Crippen molar-refractivity contribution in [1.29, 1.82) is 0 Å². The van der Waals surface area contributed by atoms with E-state index in [1.165, 1.54) is 0 Å². The summed E-state index contributed by atoms with van der Waals surface area (Å²) in [5, 5.41) is 0.965. The van der Waals surface area contributed by atoms with Crippen LogP contribution in [0, 0.1) is 0 Å². The van der Waals surface area contributed by atoms with Gasteiger partial charge >= 0.3 is 0 Å². The molecule has 0 fully saturated rings. The highest BCUT2D eigenvalue weighted by Gasteiger charge is 2.05. The first-order valence-electron chi connectivity index (χ1n) is 4.64. The number of aromatic nitrogens is 2. The SMILES string of the molecule is CCc1nc(OC)c2ccccc2n1. The topological polar surface area (TPSA) is 35.0 Å². The average Bonchev–Trinajstić information content (AvgIpc) is 2.27. The molecule has 0 spiro atoms. The maximum atomic E-state index is 5.22. The number of para-hydroxylation sites is 1. The van der Waals surface area contributed by atoms with Crippen molar-refractivity contribution in [2.75, 3.05) is 7.11 Å². The number of hydrogen-bond acceptors (Lipinski definition) is 3. The number of nitrogens with zero attached hydrogens (tertiary/aromatic N) is 2. The van der Waals surface area contributed by atoms with Gasteiger partial charge in [-0.1, -0.05) is 19.1 Å². The van der Waals surface area contributed by atoms with Gasteiger partial charge in [0.05, 0.1) is 18.0 Å². The van der Waals surface area contributed by atoms with Crippen molar-refractivity contribution in [2.24, 2.45) is 0 Å². The van der Waals surface area contributed by atoms with Crippen molar-refractivity contribution < 1.29 is 4.74 Å². The van der Waals surface area contributed by atoms with Crippen LogP contribution in [0.3, 0.4) is 0 Å². The third-order valence-electron chi connectivity index (χ3n) is 2.12. The molecule has 3 nitrogen and oxygen atoms in total. The molecule has 0 aliphatic heterocycles. The lowest BCUT2D eigenvalue weighted by atomic mass is 10.2. The van der Waals surface area contributed by atoms with Crippen molar-refractivity contribution in [3.05, 3.63) is 30.1 Å². The van der Waals surface area contributed by atoms with Crippen molar-refractivity contribution in [1.82, 2.24) is 9.97 Å². The van der Waals surface area contributed by atoms with Crippen LogP contribution in [-0.2, 0) is 6.42 Å². The minimum atomic E-state index is 0.660. The van der Waals surface area contributed by atoms with Crippen LogP contribution in [0.25, 0.3) is 10.9 Å². The van der Waals surface area contributed by atoms with E-state index in [4.69, 9.17) is 4.74 Å². The van der Waals surface area contributed by atoms with Crippen LogP contribution in [0.5, 0.6) is 5.88 Å². The third-order valence-corrected chi connectivity index (χ3v) is 2.12. The van der Waals surface area contributed by atoms with Gasteiger partial charge in [-0.25, -0.2) is 4.98 Å². The Kier molecular flexibility index (Phi) is 2.31. The Balaban J connectivity index is 2.73. The highest BCUT2D eigenvalue weighted by Crippen LogP contribution is 2.21. The number of benzene rings is 1. The average molecular weight is 188 g/mol. The molecule has 0 radical (unpaired) electrons. The molecule has 0 amide bonds. The van der Waals surface area contributed by atoms with Gasteiger partial charge in [-0.3, -0.25) is 0 Å². The monoisotopic (exact) mass is 188 g/mol. The standard InChI is InChI=1S/C11H12N2O/c1-3-10-12-9-7-5-4-6-8(9)11(13-10)14-2/h4-7H,3H2,1-2H3. The quantitative estimate of drug-likeness (QED) is 0.724. The fraction of sp³-hybridized carbons (Fsp3) is 0.273. The molecule has 14 heavy (non-hydrogen) atoms. The molecule has 2 rings (SSSR count). The molecule has 72 valence electrons. The number of hydrogen-bond donors (Lipinski definition) is 0. The highest BCUT2D eigenvalue weighted by atomic mass is 16.5. The third kappa shape index (κ3) is 1.41. The van der Waals surface area contributed by atoms with E-state index in [1.54, 1.807) is 7.11 Å². The fourth-order valence-corrected chi connectivity index (χ4v) is 1.41. The minimum Gasteiger partial charge on any atom is -0.480 e. The van der Waals surface area contributed by atoms with E-state index >= 15 is 0 Å². The van der Waals surface area contributed by atoms with Gasteiger partial charge in [0.25, 0.3) is 0 Å². The van der Waals surface area contributed by atoms with Crippen LogP contribution in [0.2, 0.25) is 0 Å². The Morgan fingerprint density at radius 1 is 1.21 bits per heavy atom. The minimum absolute atomic E-state index is 0.660. The molecule has 0 unspecified atom stereocenters. The van der Waals surface area contributed by atoms with Gasteiger partial charge in [-0.2, -0.15) is 4.98 Å². The lowest BCUT2D eigenvalue weighted by Crippen LogP contribution is -1.97. The van der Waals surface area contributed by atoms with Crippen LogP contribution in [0.1, 0.15) is 12.7 Å². The van der Waals surface area contributed by atoms with Crippen molar-refractivity contribution in [3.8, 4) is 5.88 Å². The molecule has 0 bridgehead atoms. The first kappa shape index (κ1) is 8.94. The summed E-state index contributed by atoms with van der Waals surface area (Å²) in [6.45, 7) is 2.03. The lowest BCUT2D eigenvalue weighted by Gasteiger charge is -2.05. The second-order valence-corrected chi connectivity index (χ2v) is 3.02. The second kappa shape index (κ2) is 3.62. The molecule has 0 N–H and O–H groups in total. The Morgan fingerprint density at radius 2 is 2.00 bits per heavy atom. The van der Waals surface area contributed by atoms with E-state index < -0.39 is 0 Å². The van der Waals surface area contributed by atoms with Crippen LogP contribution in [0.4, 0.5) is 0 Å². The van der Waals surface area contributed by atoms with Gasteiger partial charge in [-0.05, 0) is 12.1 Å². The van der Waals surface area contributed by atoms with E-state index in [-0.39, 0.29) is 0 Å². The Bertz CT molecular complexity index is 454. The largest absolute Gasteiger partial charge is 0.480 e. The second-order valence-electron chi connectivity index (χ2n) is 3.02. The zero-order chi connectivity index (χ0) is 9.97. The molecule has 1 aromatic heterocycles. The summed E-state index contributed by atoms with van der Waals surface area (Å²) in [6, 6.07) is 7.86. The molecule has 1 aromatic carbocycles. The van der Waals surface area contributed by atoms with E-state index in [1.807, 2.05) is 31.2 Å². The Morgan fingerprint density at radius 3 is 2.71 bits per heavy atom. The maximum absolute atomic E-state index is 5.22. The molecule has 0 saturated carbocycles. The smallest absolute Gasteiger partial charge is 0.224 e. The van der Waals surface area contributed by atoms with Crippen molar-refractivity contribution in [2.45, 2.75) is 13.3 Å². The molecule has 0 aliphatic carbocycles. The lowest BCUT2D eigenvalue weighted by molar-refractivity contribution is 0.401. The summed E-state index contributed by atoms with van der Waals surface area (Å²) in [5.41, 5.74) is 0.941. The Hall–Kier alpha value is -1.64. The van der Waals surface area contributed by atoms with Crippen molar-refractivity contribution in [3.63, 3.8) is 0 Å². The zero-order valence-electron chi connectivity index (χ0n) is 8.32. The molecular formula is C11H12N2O. The van der Waals surface area contributed by atoms with Crippen LogP contribution < -0.4 is 4.74 Å². The molecule has 2 aromatic rings. The first-order chi connectivity index (χ1) is 6.85. The summed E-state index contributed by atoms with van der Waals surface area (Å²) in [7, 11) is 1.63. The van der Waals surface area contributed by atoms with Crippen LogP contribution in [0.15, 0.2) is 24.3 Å². The van der Waals surface area contributed by atoms with E-state index in [0.717, 1.165) is 23.1 Å². The molecule has 0 aliphatic rings. The molecule has 0 atom stereocenters. The predicted octanol–water partition coefficient (Wildman–Crippen LogP) is 2.20. The van der Waals surface area contributed by atoms with Crippen LogP contribution in [-0.4, -0.2) is 17.1 Å². The van der Waals surface area contributed by atoms with Gasteiger partial charge in [0, 0.05) is 6.42 Å². The van der Waals surface area contributed by atoms with E-state index in [2.05, 4.69) is 9.97 Å². The van der Waals surface area contributed by atoms with Gasteiger partial charge in [0.2, 0.25) is 5.88 Å². The summed E-state index contributed by atoms with van der Waals surface area (Å²) in [6.07, 6.45) is 0.821. The summed E-state index contributed by atoms with van der Waals surface area (Å²) < 4.78 is 5.22. The number of aryl methyl sites for hydroxylation is 1. The first-order valence-corrected chi connectivity index (χ1v) is 4.64. The summed E-state index contributed by atoms with van der Waals surface area (Å²) in [5.74, 6) is 1.48. The summed E-state index contributed by atoms with van der Waals surface area (Å²) in [4.78, 5) is 8.72. The molecule has 3 heteroatoms.